The minimum Gasteiger partial charge on any atom is -0.326 e. The molecule has 3 heteroatoms. The quantitative estimate of drug-likeness (QED) is 0.582. The van der Waals surface area contributed by atoms with E-state index in [0.29, 0.717) is 0 Å². The summed E-state index contributed by atoms with van der Waals surface area (Å²) < 4.78 is 1.24. The second-order valence-corrected chi connectivity index (χ2v) is 6.12. The molecule has 1 aliphatic heterocycles. The van der Waals surface area contributed by atoms with Gasteiger partial charge in [-0.3, -0.25) is 0 Å². The van der Waals surface area contributed by atoms with Crippen LogP contribution in [0.2, 0.25) is 0 Å². The van der Waals surface area contributed by atoms with Crippen molar-refractivity contribution in [3.8, 4) is 0 Å². The Hall–Kier alpha value is 0.210. The topological polar surface area (TPSA) is 12.0 Å². The molecule has 0 amide bonds. The molecule has 1 rings (SSSR count). The maximum atomic E-state index is 5.73. The average Bonchev–Trinajstić information content (AvgIpc) is 2.42. The van der Waals surface area contributed by atoms with E-state index in [1.165, 1.54) is 49.8 Å². The third kappa shape index (κ3) is 4.71. The molecule has 0 bridgehead atoms. The number of nitrogens with zero attached hydrogens (tertiary/aromatic N) is 1. The van der Waals surface area contributed by atoms with Gasteiger partial charge in [0.15, 0.2) is 0 Å². The fraction of sp³-hybridized carbons (Fsp3) is 1.00. The van der Waals surface area contributed by atoms with Gasteiger partial charge in [-0.25, -0.2) is 4.84 Å². The lowest BCUT2D eigenvalue weighted by Crippen LogP contribution is -2.48. The molecule has 1 heterocycles. The first-order valence-electron chi connectivity index (χ1n) is 6.19. The number of rotatable bonds is 4. The lowest BCUT2D eigenvalue weighted by atomic mass is 10.0. The van der Waals surface area contributed by atoms with E-state index in [-0.39, 0.29) is 5.54 Å². The van der Waals surface area contributed by atoms with Crippen molar-refractivity contribution in [2.24, 2.45) is 0 Å². The second-order valence-electron chi connectivity index (χ2n) is 5.93. The van der Waals surface area contributed by atoms with Crippen molar-refractivity contribution in [1.29, 1.82) is 0 Å². The van der Waals surface area contributed by atoms with Crippen LogP contribution in [0.4, 0.5) is 0 Å². The van der Waals surface area contributed by atoms with E-state index in [1.807, 2.05) is 0 Å². The summed E-state index contributed by atoms with van der Waals surface area (Å²) in [5, 5.41) is 0. The van der Waals surface area contributed by atoms with Crippen molar-refractivity contribution < 1.29 is 4.48 Å². The monoisotopic (exact) mass is 233 g/mol. The van der Waals surface area contributed by atoms with Crippen LogP contribution in [-0.4, -0.2) is 36.7 Å². The zero-order chi connectivity index (χ0) is 11.4. The summed E-state index contributed by atoms with van der Waals surface area (Å²) in [6, 6.07) is 0. The SMILES string of the molecule is CC(C)(CC[N+]1(C)CCCCCC1)NCl. The minimum atomic E-state index is 0.0646. The summed E-state index contributed by atoms with van der Waals surface area (Å²) >= 11 is 5.73. The van der Waals surface area contributed by atoms with Crippen LogP contribution in [-0.2, 0) is 0 Å². The van der Waals surface area contributed by atoms with E-state index in [4.69, 9.17) is 11.8 Å². The van der Waals surface area contributed by atoms with E-state index in [2.05, 4.69) is 25.7 Å². The number of likely N-dealkylation sites (tertiary alicyclic amines) is 1. The lowest BCUT2D eigenvalue weighted by molar-refractivity contribution is -0.909. The molecule has 90 valence electrons. The van der Waals surface area contributed by atoms with Crippen LogP contribution in [0.15, 0.2) is 0 Å². The number of halogens is 1. The van der Waals surface area contributed by atoms with Gasteiger partial charge in [-0.1, -0.05) is 0 Å². The maximum Gasteiger partial charge on any atom is 0.0802 e. The molecule has 0 saturated carbocycles. The normalized spacial score (nSPS) is 22.4. The van der Waals surface area contributed by atoms with Crippen molar-refractivity contribution in [1.82, 2.24) is 4.84 Å². The molecular formula is C12H26ClN2+. The maximum absolute atomic E-state index is 5.73. The van der Waals surface area contributed by atoms with Crippen molar-refractivity contribution in [2.75, 3.05) is 26.7 Å². The van der Waals surface area contributed by atoms with E-state index in [1.54, 1.807) is 0 Å². The standard InChI is InChI=1S/C12H26ClN2/c1-12(2,14-13)8-11-15(3)9-6-4-5-7-10-15/h14H,4-11H2,1-3H3/q+1. The number of nitrogens with one attached hydrogen (secondary N) is 1. The Morgan fingerprint density at radius 3 is 2.13 bits per heavy atom. The van der Waals surface area contributed by atoms with Crippen LogP contribution >= 0.6 is 11.8 Å². The Balaban J connectivity index is 2.40. The molecule has 0 radical (unpaired) electrons. The van der Waals surface area contributed by atoms with E-state index >= 15 is 0 Å². The first-order valence-corrected chi connectivity index (χ1v) is 6.57. The van der Waals surface area contributed by atoms with Gasteiger partial charge in [0, 0.05) is 12.0 Å². The van der Waals surface area contributed by atoms with Gasteiger partial charge in [-0.15, -0.1) is 0 Å². The summed E-state index contributed by atoms with van der Waals surface area (Å²) in [5.41, 5.74) is 0.0646. The van der Waals surface area contributed by atoms with Crippen LogP contribution < -0.4 is 4.84 Å². The molecule has 1 fully saturated rings. The molecule has 1 aliphatic rings. The Labute approximate surface area is 99.7 Å². The van der Waals surface area contributed by atoms with Gasteiger partial charge in [0.2, 0.25) is 0 Å². The van der Waals surface area contributed by atoms with Gasteiger partial charge >= 0.3 is 0 Å². The fourth-order valence-corrected chi connectivity index (χ4v) is 2.37. The summed E-state index contributed by atoms with van der Waals surface area (Å²) in [5.74, 6) is 0. The van der Waals surface area contributed by atoms with Crippen molar-refractivity contribution >= 4 is 11.8 Å². The van der Waals surface area contributed by atoms with Gasteiger partial charge < -0.3 is 4.48 Å². The predicted octanol–water partition coefficient (Wildman–Crippen LogP) is 2.92. The van der Waals surface area contributed by atoms with Crippen LogP contribution in [0.1, 0.15) is 46.0 Å². The van der Waals surface area contributed by atoms with E-state index < -0.39 is 0 Å². The zero-order valence-electron chi connectivity index (χ0n) is 10.5. The second kappa shape index (κ2) is 5.51. The van der Waals surface area contributed by atoms with Crippen LogP contribution in [0.3, 0.4) is 0 Å². The smallest absolute Gasteiger partial charge is 0.0802 e. The largest absolute Gasteiger partial charge is 0.326 e. The highest BCUT2D eigenvalue weighted by Crippen LogP contribution is 2.19. The summed E-state index contributed by atoms with van der Waals surface area (Å²) in [4.78, 5) is 2.88. The Morgan fingerprint density at radius 1 is 1.13 bits per heavy atom. The molecule has 0 spiro atoms. The molecule has 0 unspecified atom stereocenters. The Bertz CT molecular complexity index is 184. The lowest BCUT2D eigenvalue weighted by Gasteiger charge is -2.36. The minimum absolute atomic E-state index is 0.0646. The van der Waals surface area contributed by atoms with Gasteiger partial charge in [-0.05, 0) is 51.3 Å². The van der Waals surface area contributed by atoms with Crippen molar-refractivity contribution in [2.45, 2.75) is 51.5 Å². The fourth-order valence-electron chi connectivity index (χ4n) is 2.27. The third-order valence-electron chi connectivity index (χ3n) is 3.68. The summed E-state index contributed by atoms with van der Waals surface area (Å²) in [7, 11) is 2.40. The average molecular weight is 234 g/mol. The summed E-state index contributed by atoms with van der Waals surface area (Å²) in [6.07, 6.45) is 6.78. The molecule has 0 aromatic rings. The third-order valence-corrected chi connectivity index (χ3v) is 4.19. The Kier molecular flexibility index (Phi) is 4.88. The van der Waals surface area contributed by atoms with Gasteiger partial charge in [0.1, 0.15) is 0 Å². The van der Waals surface area contributed by atoms with Gasteiger partial charge in [0.05, 0.1) is 26.7 Å². The van der Waals surface area contributed by atoms with Crippen LogP contribution in [0, 0.1) is 0 Å². The first kappa shape index (κ1) is 13.3. The van der Waals surface area contributed by atoms with E-state index in [9.17, 15) is 0 Å². The highest BCUT2D eigenvalue weighted by atomic mass is 35.5. The molecular weight excluding hydrogens is 208 g/mol. The molecule has 0 aromatic heterocycles. The van der Waals surface area contributed by atoms with Crippen LogP contribution in [0.5, 0.6) is 0 Å². The molecule has 0 aromatic carbocycles. The van der Waals surface area contributed by atoms with Gasteiger partial charge in [-0.2, -0.15) is 0 Å². The molecule has 0 atom stereocenters. The highest BCUT2D eigenvalue weighted by Gasteiger charge is 2.27. The number of quaternary nitrogens is 1. The first-order chi connectivity index (χ1) is 6.97. The van der Waals surface area contributed by atoms with Gasteiger partial charge in [0.25, 0.3) is 0 Å². The molecule has 2 nitrogen and oxygen atoms in total. The van der Waals surface area contributed by atoms with Crippen molar-refractivity contribution in [3.63, 3.8) is 0 Å². The Morgan fingerprint density at radius 2 is 1.67 bits per heavy atom. The molecule has 0 aliphatic carbocycles. The highest BCUT2D eigenvalue weighted by molar-refractivity contribution is 6.13. The zero-order valence-corrected chi connectivity index (χ0v) is 11.2. The molecule has 15 heavy (non-hydrogen) atoms. The number of hydrogen-bond acceptors (Lipinski definition) is 1. The predicted molar refractivity (Wildman–Crippen MR) is 66.9 cm³/mol. The van der Waals surface area contributed by atoms with Crippen molar-refractivity contribution in [3.05, 3.63) is 0 Å². The van der Waals surface area contributed by atoms with E-state index in [0.717, 1.165) is 6.42 Å². The summed E-state index contributed by atoms with van der Waals surface area (Å²) in [6.45, 7) is 8.28. The molecule has 1 saturated heterocycles. The number of hydrogen-bond donors (Lipinski definition) is 1. The molecule has 1 N–H and O–H groups in total. The van der Waals surface area contributed by atoms with Crippen LogP contribution in [0.25, 0.3) is 0 Å².